The summed E-state index contributed by atoms with van der Waals surface area (Å²) in [4.78, 5) is 2.69. The zero-order valence-corrected chi connectivity index (χ0v) is 22.5. The summed E-state index contributed by atoms with van der Waals surface area (Å²) < 4.78 is 22.2. The Labute approximate surface area is 217 Å². The molecule has 0 aromatic rings. The summed E-state index contributed by atoms with van der Waals surface area (Å²) in [6.07, 6.45) is 13.1. The zero-order valence-electron chi connectivity index (χ0n) is 22.5. The second-order valence-corrected chi connectivity index (χ2v) is 9.76. The molecule has 0 aromatic heterocycles. The van der Waals surface area contributed by atoms with Gasteiger partial charge in [-0.05, 0) is 12.0 Å². The molecule has 36 heavy (non-hydrogen) atoms. The average molecular weight is 518 g/mol. The molecule has 1 rings (SSSR count). The minimum atomic E-state index is -1.41. The summed E-state index contributed by atoms with van der Waals surface area (Å²) >= 11 is 0. The first-order valence-corrected chi connectivity index (χ1v) is 14.0. The van der Waals surface area contributed by atoms with Gasteiger partial charge < -0.3 is 34.3 Å². The van der Waals surface area contributed by atoms with Gasteiger partial charge in [-0.3, -0.25) is 0 Å². The van der Waals surface area contributed by atoms with E-state index in [1.54, 1.807) is 7.11 Å². The van der Waals surface area contributed by atoms with Crippen LogP contribution in [0.4, 0.5) is 0 Å². The Kier molecular flexibility index (Phi) is 20.3. The standard InChI is InChI=1S/C26H51N3O7/c1-3-4-5-6-7-8-9-10-11-12-13-14-15-16-17-34-19-21(33-2)20-35-26-23(28-29-27)25(32)24(31)22(18-30)36-26/h21-26,30-32H,3-20H2,1-2H3/t21?,22?,23-,24-,25?,26+/m0/s1. The van der Waals surface area contributed by atoms with E-state index in [1.807, 2.05) is 0 Å². The van der Waals surface area contributed by atoms with E-state index in [4.69, 9.17) is 24.5 Å². The fraction of sp³-hybridized carbons (Fsp3) is 1.00. The number of hydrogen-bond donors (Lipinski definition) is 3. The van der Waals surface area contributed by atoms with Gasteiger partial charge in [0.25, 0.3) is 0 Å². The molecule has 1 fully saturated rings. The lowest BCUT2D eigenvalue weighted by atomic mass is 9.98. The predicted octanol–water partition coefficient (Wildman–Crippen LogP) is 4.63. The average Bonchev–Trinajstić information content (AvgIpc) is 2.89. The van der Waals surface area contributed by atoms with E-state index < -0.39 is 37.3 Å². The number of hydrogen-bond acceptors (Lipinski definition) is 8. The first-order valence-electron chi connectivity index (χ1n) is 14.0. The molecule has 10 heteroatoms. The van der Waals surface area contributed by atoms with Gasteiger partial charge in [-0.25, -0.2) is 0 Å². The summed E-state index contributed by atoms with van der Waals surface area (Å²) in [7, 11) is 1.55. The largest absolute Gasteiger partial charge is 0.394 e. The molecule has 212 valence electrons. The Morgan fingerprint density at radius 3 is 1.92 bits per heavy atom. The summed E-state index contributed by atoms with van der Waals surface area (Å²) in [6, 6.07) is -1.14. The van der Waals surface area contributed by atoms with Crippen molar-refractivity contribution in [2.45, 2.75) is 134 Å². The van der Waals surface area contributed by atoms with Crippen molar-refractivity contribution in [3.63, 3.8) is 0 Å². The minimum Gasteiger partial charge on any atom is -0.394 e. The maximum Gasteiger partial charge on any atom is 0.169 e. The lowest BCUT2D eigenvalue weighted by molar-refractivity contribution is -0.271. The Morgan fingerprint density at radius 1 is 0.861 bits per heavy atom. The number of aliphatic hydroxyl groups excluding tert-OH is 3. The van der Waals surface area contributed by atoms with Gasteiger partial charge >= 0.3 is 0 Å². The molecule has 3 unspecified atom stereocenters. The van der Waals surface area contributed by atoms with Crippen LogP contribution >= 0.6 is 0 Å². The van der Waals surface area contributed by atoms with E-state index >= 15 is 0 Å². The molecule has 1 aliphatic heterocycles. The van der Waals surface area contributed by atoms with Gasteiger partial charge in [0.2, 0.25) is 0 Å². The van der Waals surface area contributed by atoms with Crippen LogP contribution in [0.2, 0.25) is 0 Å². The molecule has 0 aromatic carbocycles. The number of unbranched alkanes of at least 4 members (excludes halogenated alkanes) is 13. The third-order valence-electron chi connectivity index (χ3n) is 6.76. The number of aliphatic hydroxyl groups is 3. The predicted molar refractivity (Wildman–Crippen MR) is 139 cm³/mol. The fourth-order valence-electron chi connectivity index (χ4n) is 4.39. The van der Waals surface area contributed by atoms with Crippen LogP contribution in [-0.4, -0.2) is 85.6 Å². The molecule has 0 aliphatic carbocycles. The van der Waals surface area contributed by atoms with Crippen molar-refractivity contribution in [1.82, 2.24) is 0 Å². The van der Waals surface area contributed by atoms with E-state index in [1.165, 1.54) is 77.0 Å². The highest BCUT2D eigenvalue weighted by Crippen LogP contribution is 2.25. The molecule has 6 atom stereocenters. The summed E-state index contributed by atoms with van der Waals surface area (Å²) in [5.74, 6) is 0. The second-order valence-electron chi connectivity index (χ2n) is 9.76. The zero-order chi connectivity index (χ0) is 26.4. The van der Waals surface area contributed by atoms with Crippen molar-refractivity contribution in [3.8, 4) is 0 Å². The molecule has 0 bridgehead atoms. The van der Waals surface area contributed by atoms with Crippen LogP contribution in [0, 0.1) is 0 Å². The number of azide groups is 1. The molecule has 1 saturated heterocycles. The van der Waals surface area contributed by atoms with Crippen LogP contribution in [0.5, 0.6) is 0 Å². The maximum atomic E-state index is 10.2. The normalized spacial score (nSPS) is 25.0. The van der Waals surface area contributed by atoms with Gasteiger partial charge in [-0.15, -0.1) is 0 Å². The van der Waals surface area contributed by atoms with Crippen LogP contribution in [0.15, 0.2) is 5.11 Å². The number of methoxy groups -OCH3 is 1. The van der Waals surface area contributed by atoms with Gasteiger partial charge in [-0.2, -0.15) is 0 Å². The second kappa shape index (κ2) is 22.1. The minimum absolute atomic E-state index is 0.0817. The lowest BCUT2D eigenvalue weighted by Crippen LogP contribution is -2.58. The lowest BCUT2D eigenvalue weighted by Gasteiger charge is -2.40. The SMILES string of the molecule is CCCCCCCCCCCCCCCCOCC(CO[C@@H]1OC(CO)[C@H](O)C(O)[C@@H]1N=[N+]=[N-])OC. The third kappa shape index (κ3) is 14.1. The van der Waals surface area contributed by atoms with Crippen LogP contribution in [0.1, 0.15) is 96.8 Å². The van der Waals surface area contributed by atoms with E-state index in [-0.39, 0.29) is 12.7 Å². The molecule has 0 radical (unpaired) electrons. The van der Waals surface area contributed by atoms with E-state index in [0.717, 1.165) is 12.8 Å². The van der Waals surface area contributed by atoms with E-state index in [2.05, 4.69) is 16.9 Å². The third-order valence-corrected chi connectivity index (χ3v) is 6.76. The van der Waals surface area contributed by atoms with Crippen molar-refractivity contribution in [1.29, 1.82) is 0 Å². The van der Waals surface area contributed by atoms with Crippen molar-refractivity contribution < 1.29 is 34.3 Å². The van der Waals surface area contributed by atoms with Gasteiger partial charge in [-0.1, -0.05) is 95.5 Å². The van der Waals surface area contributed by atoms with Crippen molar-refractivity contribution in [2.75, 3.05) is 33.5 Å². The Hall–Kier alpha value is -0.970. The van der Waals surface area contributed by atoms with Crippen LogP contribution in [0.3, 0.4) is 0 Å². The molecule has 3 N–H and O–H groups in total. The molecule has 0 spiro atoms. The molecular weight excluding hydrogens is 466 g/mol. The maximum absolute atomic E-state index is 10.2. The van der Waals surface area contributed by atoms with Crippen molar-refractivity contribution in [2.24, 2.45) is 5.11 Å². The van der Waals surface area contributed by atoms with Gasteiger partial charge in [0.05, 0.1) is 25.9 Å². The first-order chi connectivity index (χ1) is 17.6. The van der Waals surface area contributed by atoms with Crippen LogP contribution < -0.4 is 0 Å². The van der Waals surface area contributed by atoms with Crippen molar-refractivity contribution in [3.05, 3.63) is 10.4 Å². The van der Waals surface area contributed by atoms with Gasteiger partial charge in [0, 0.05) is 18.6 Å². The Morgan fingerprint density at radius 2 is 1.42 bits per heavy atom. The number of ether oxygens (including phenoxy) is 4. The summed E-state index contributed by atoms with van der Waals surface area (Å²) in [6.45, 7) is 2.82. The molecule has 1 aliphatic rings. The highest BCUT2D eigenvalue weighted by Gasteiger charge is 2.44. The highest BCUT2D eigenvalue weighted by molar-refractivity contribution is 4.93. The monoisotopic (exact) mass is 517 g/mol. The van der Waals surface area contributed by atoms with E-state index in [9.17, 15) is 15.3 Å². The van der Waals surface area contributed by atoms with Crippen LogP contribution in [-0.2, 0) is 18.9 Å². The first kappa shape index (κ1) is 33.1. The molecule has 0 amide bonds. The fourth-order valence-corrected chi connectivity index (χ4v) is 4.39. The summed E-state index contributed by atoms with van der Waals surface area (Å²) in [5.41, 5.74) is 8.76. The molecule has 0 saturated carbocycles. The van der Waals surface area contributed by atoms with E-state index in [0.29, 0.717) is 13.2 Å². The Bertz CT molecular complexity index is 566. The molecule has 1 heterocycles. The summed E-state index contributed by atoms with van der Waals surface area (Å²) in [5, 5.41) is 33.0. The number of nitrogens with zero attached hydrogens (tertiary/aromatic N) is 3. The van der Waals surface area contributed by atoms with Gasteiger partial charge in [0.15, 0.2) is 6.29 Å². The molecule has 10 nitrogen and oxygen atoms in total. The van der Waals surface area contributed by atoms with Crippen molar-refractivity contribution >= 4 is 0 Å². The van der Waals surface area contributed by atoms with Crippen LogP contribution in [0.25, 0.3) is 10.4 Å². The smallest absolute Gasteiger partial charge is 0.169 e. The molecular formula is C26H51N3O7. The number of rotatable bonds is 23. The quantitative estimate of drug-likeness (QED) is 0.0774. The topological polar surface area (TPSA) is 146 Å². The van der Waals surface area contributed by atoms with Gasteiger partial charge in [0.1, 0.15) is 24.4 Å². The Balaban J connectivity index is 2.07. The highest BCUT2D eigenvalue weighted by atomic mass is 16.7.